The number of imide groups is 1. The summed E-state index contributed by atoms with van der Waals surface area (Å²) in [6.07, 6.45) is 1.86. The van der Waals surface area contributed by atoms with Gasteiger partial charge in [-0.25, -0.2) is 0 Å². The van der Waals surface area contributed by atoms with Gasteiger partial charge in [0.2, 0.25) is 11.8 Å². The fraction of sp³-hybridized carbons (Fsp3) is 0.818. The van der Waals surface area contributed by atoms with E-state index in [4.69, 9.17) is 0 Å². The summed E-state index contributed by atoms with van der Waals surface area (Å²) in [7, 11) is 0. The van der Waals surface area contributed by atoms with Crippen molar-refractivity contribution in [2.45, 2.75) is 38.7 Å². The van der Waals surface area contributed by atoms with Crippen LogP contribution in [0.1, 0.15) is 33.1 Å². The van der Waals surface area contributed by atoms with Gasteiger partial charge in [0.15, 0.2) is 0 Å². The number of carbonyl (C=O) groups excluding carboxylic acids is 2. The maximum atomic E-state index is 11.7. The van der Waals surface area contributed by atoms with Gasteiger partial charge in [0, 0.05) is 0 Å². The lowest BCUT2D eigenvalue weighted by atomic mass is 9.97. The third-order valence-electron chi connectivity index (χ3n) is 3.73. The Balaban J connectivity index is 2.06. The minimum atomic E-state index is -0.901. The van der Waals surface area contributed by atoms with Crippen LogP contribution < -0.4 is 0 Å². The number of hydrogen-bond donors (Lipinski definition) is 1. The van der Waals surface area contributed by atoms with Crippen LogP contribution >= 0.6 is 0 Å². The van der Waals surface area contributed by atoms with E-state index >= 15 is 0 Å². The number of nitrogens with zero attached hydrogens (tertiary/aromatic N) is 1. The summed E-state index contributed by atoms with van der Waals surface area (Å²) >= 11 is 0. The van der Waals surface area contributed by atoms with Crippen molar-refractivity contribution in [3.05, 3.63) is 0 Å². The molecule has 2 atom stereocenters. The summed E-state index contributed by atoms with van der Waals surface area (Å²) in [6, 6.07) is 0. The average molecular weight is 211 g/mol. The number of β-amino-alcohol motifs (C(OH)–C–C–N with tert-alkyl or cyclic N) is 1. The van der Waals surface area contributed by atoms with Crippen LogP contribution in [-0.2, 0) is 9.59 Å². The Morgan fingerprint density at radius 1 is 1.27 bits per heavy atom. The minimum absolute atomic E-state index is 0.0598. The molecule has 1 N–H and O–H groups in total. The van der Waals surface area contributed by atoms with Crippen LogP contribution in [0.5, 0.6) is 0 Å². The Labute approximate surface area is 89.3 Å². The summed E-state index contributed by atoms with van der Waals surface area (Å²) < 4.78 is 0. The predicted molar refractivity (Wildman–Crippen MR) is 53.8 cm³/mol. The van der Waals surface area contributed by atoms with Gasteiger partial charge in [-0.05, 0) is 19.3 Å². The lowest BCUT2D eigenvalue weighted by Crippen LogP contribution is -2.46. The minimum Gasteiger partial charge on any atom is -0.388 e. The topological polar surface area (TPSA) is 57.6 Å². The molecule has 2 aliphatic rings. The second-order valence-corrected chi connectivity index (χ2v) is 4.64. The summed E-state index contributed by atoms with van der Waals surface area (Å²) in [5.41, 5.74) is -0.901. The molecule has 0 aromatic heterocycles. The van der Waals surface area contributed by atoms with Crippen molar-refractivity contribution in [1.29, 1.82) is 0 Å². The number of piperidine rings is 1. The molecule has 0 radical (unpaired) electrons. The first kappa shape index (κ1) is 10.6. The lowest BCUT2D eigenvalue weighted by molar-refractivity contribution is -0.145. The number of carbonyl (C=O) groups is 2. The largest absolute Gasteiger partial charge is 0.388 e. The number of fused-ring (bicyclic) bond motifs is 1. The molecule has 2 fully saturated rings. The van der Waals surface area contributed by atoms with E-state index < -0.39 is 5.60 Å². The van der Waals surface area contributed by atoms with Crippen molar-refractivity contribution in [2.75, 3.05) is 6.54 Å². The molecule has 0 bridgehead atoms. The van der Waals surface area contributed by atoms with Gasteiger partial charge in [-0.15, -0.1) is 0 Å². The quantitative estimate of drug-likeness (QED) is 0.690. The maximum Gasteiger partial charge on any atom is 0.233 e. The van der Waals surface area contributed by atoms with Crippen molar-refractivity contribution in [2.24, 2.45) is 11.8 Å². The lowest BCUT2D eigenvalue weighted by Gasteiger charge is -2.30. The molecule has 1 aliphatic heterocycles. The monoisotopic (exact) mass is 211 g/mol. The zero-order valence-corrected chi connectivity index (χ0v) is 9.19. The molecule has 15 heavy (non-hydrogen) atoms. The van der Waals surface area contributed by atoms with E-state index in [1.54, 1.807) is 0 Å². The van der Waals surface area contributed by atoms with E-state index in [9.17, 15) is 14.7 Å². The molecule has 0 aromatic rings. The van der Waals surface area contributed by atoms with Crippen LogP contribution in [-0.4, -0.2) is 34.0 Å². The van der Waals surface area contributed by atoms with Crippen LogP contribution in [0.3, 0.4) is 0 Å². The Hall–Kier alpha value is -0.900. The first-order valence-electron chi connectivity index (χ1n) is 5.60. The van der Waals surface area contributed by atoms with Gasteiger partial charge in [0.05, 0.1) is 24.0 Å². The highest BCUT2D eigenvalue weighted by Gasteiger charge is 2.59. The number of hydrogen-bond acceptors (Lipinski definition) is 3. The van der Waals surface area contributed by atoms with E-state index in [-0.39, 0.29) is 30.2 Å². The third-order valence-corrected chi connectivity index (χ3v) is 3.73. The van der Waals surface area contributed by atoms with Crippen molar-refractivity contribution in [3.63, 3.8) is 0 Å². The second-order valence-electron chi connectivity index (χ2n) is 4.64. The first-order chi connectivity index (χ1) is 7.02. The summed E-state index contributed by atoms with van der Waals surface area (Å²) in [4.78, 5) is 24.6. The zero-order valence-electron chi connectivity index (χ0n) is 9.19. The molecule has 1 aliphatic carbocycles. The van der Waals surface area contributed by atoms with Crippen molar-refractivity contribution < 1.29 is 14.7 Å². The predicted octanol–water partition coefficient (Wildman–Crippen LogP) is 0.542. The fourth-order valence-corrected chi connectivity index (χ4v) is 2.17. The summed E-state index contributed by atoms with van der Waals surface area (Å²) in [5, 5.41) is 10.1. The van der Waals surface area contributed by atoms with Crippen LogP contribution in [0.4, 0.5) is 0 Å². The SMILES string of the molecule is CCC(O)(CC)CN1C(=O)C2CC2C1=O. The first-order valence-corrected chi connectivity index (χ1v) is 5.60. The van der Waals surface area contributed by atoms with Gasteiger partial charge >= 0.3 is 0 Å². The van der Waals surface area contributed by atoms with Gasteiger partial charge in [-0.3, -0.25) is 14.5 Å². The molecule has 0 aromatic carbocycles. The number of rotatable bonds is 4. The molecular formula is C11H17NO3. The summed E-state index contributed by atoms with van der Waals surface area (Å²) in [5.74, 6) is -0.276. The van der Waals surface area contributed by atoms with E-state index in [2.05, 4.69) is 0 Å². The van der Waals surface area contributed by atoms with E-state index in [1.807, 2.05) is 13.8 Å². The van der Waals surface area contributed by atoms with Gasteiger partial charge in [0.25, 0.3) is 0 Å². The highest BCUT2D eigenvalue weighted by molar-refractivity contribution is 6.08. The highest BCUT2D eigenvalue weighted by Crippen LogP contribution is 2.47. The molecule has 84 valence electrons. The Bertz CT molecular complexity index is 289. The van der Waals surface area contributed by atoms with Gasteiger partial charge < -0.3 is 5.11 Å². The molecule has 0 spiro atoms. The van der Waals surface area contributed by atoms with E-state index in [1.165, 1.54) is 4.90 Å². The Kier molecular flexibility index (Phi) is 2.34. The maximum absolute atomic E-state index is 11.7. The molecule has 4 heteroatoms. The Morgan fingerprint density at radius 2 is 1.73 bits per heavy atom. The van der Waals surface area contributed by atoms with Crippen molar-refractivity contribution in [1.82, 2.24) is 4.90 Å². The molecule has 1 saturated carbocycles. The van der Waals surface area contributed by atoms with Crippen LogP contribution in [0.2, 0.25) is 0 Å². The Morgan fingerprint density at radius 3 is 2.13 bits per heavy atom. The van der Waals surface area contributed by atoms with Crippen molar-refractivity contribution >= 4 is 11.8 Å². The molecule has 1 heterocycles. The van der Waals surface area contributed by atoms with Crippen LogP contribution in [0.15, 0.2) is 0 Å². The smallest absolute Gasteiger partial charge is 0.233 e. The van der Waals surface area contributed by atoms with Gasteiger partial charge in [0.1, 0.15) is 0 Å². The standard InChI is InChI=1S/C11H17NO3/c1-3-11(15,4-2)6-12-9(13)7-5-8(7)10(12)14/h7-8,15H,3-6H2,1-2H3. The van der Waals surface area contributed by atoms with E-state index in [0.29, 0.717) is 12.8 Å². The third kappa shape index (κ3) is 1.57. The molecule has 1 saturated heterocycles. The second kappa shape index (κ2) is 3.30. The molecule has 2 unspecified atom stereocenters. The molecule has 4 nitrogen and oxygen atoms in total. The number of amides is 2. The van der Waals surface area contributed by atoms with Crippen LogP contribution in [0.25, 0.3) is 0 Å². The molecular weight excluding hydrogens is 194 g/mol. The fourth-order valence-electron chi connectivity index (χ4n) is 2.17. The van der Waals surface area contributed by atoms with Gasteiger partial charge in [-0.1, -0.05) is 13.8 Å². The average Bonchev–Trinajstić information content (AvgIpc) is 2.99. The summed E-state index contributed by atoms with van der Waals surface area (Å²) in [6.45, 7) is 3.91. The number of likely N-dealkylation sites (tertiary alicyclic amines) is 1. The normalized spacial score (nSPS) is 29.7. The highest BCUT2D eigenvalue weighted by atomic mass is 16.3. The van der Waals surface area contributed by atoms with Crippen LogP contribution in [0, 0.1) is 11.8 Å². The van der Waals surface area contributed by atoms with E-state index in [0.717, 1.165) is 6.42 Å². The zero-order chi connectivity index (χ0) is 11.2. The molecule has 2 rings (SSSR count). The molecule has 2 amide bonds. The number of aliphatic hydroxyl groups is 1. The van der Waals surface area contributed by atoms with Gasteiger partial charge in [-0.2, -0.15) is 0 Å². The van der Waals surface area contributed by atoms with Crippen molar-refractivity contribution in [3.8, 4) is 0 Å².